The molecule has 2 aromatic rings. The first-order valence-electron chi connectivity index (χ1n) is 6.64. The summed E-state index contributed by atoms with van der Waals surface area (Å²) < 4.78 is 5.96. The second-order valence-corrected chi connectivity index (χ2v) is 6.93. The summed E-state index contributed by atoms with van der Waals surface area (Å²) in [6.07, 6.45) is -0.435. The van der Waals surface area contributed by atoms with E-state index >= 15 is 0 Å². The van der Waals surface area contributed by atoms with Gasteiger partial charge in [0.05, 0.1) is 16.4 Å². The van der Waals surface area contributed by atoms with Crippen LogP contribution in [0.15, 0.2) is 40.2 Å². The maximum absolute atomic E-state index is 11.3. The fraction of sp³-hybridized carbons (Fsp3) is 0.267. The lowest BCUT2D eigenvalue weighted by molar-refractivity contribution is 0.168. The number of halogens is 1. The highest BCUT2D eigenvalue weighted by atomic mass is 79.9. The zero-order valence-electron chi connectivity index (χ0n) is 11.9. The lowest BCUT2D eigenvalue weighted by Crippen LogP contribution is -2.13. The molecule has 0 radical (unpaired) electrons. The first-order chi connectivity index (χ1) is 10.1. The van der Waals surface area contributed by atoms with Gasteiger partial charge in [-0.05, 0) is 66.2 Å². The predicted molar refractivity (Wildman–Crippen MR) is 91.1 cm³/mol. The highest BCUT2D eigenvalue weighted by molar-refractivity contribution is 9.11. The number of anilines is 2. The Kier molecular flexibility index (Phi) is 5.64. The first kappa shape index (κ1) is 15.9. The minimum absolute atomic E-state index is 0.227. The van der Waals surface area contributed by atoms with Gasteiger partial charge in [-0.3, -0.25) is 5.32 Å². The van der Waals surface area contributed by atoms with E-state index < -0.39 is 6.09 Å². The number of thiophene rings is 1. The maximum atomic E-state index is 11.3. The Morgan fingerprint density at radius 3 is 2.48 bits per heavy atom. The van der Waals surface area contributed by atoms with Crippen LogP contribution in [0.3, 0.4) is 0 Å². The monoisotopic (exact) mass is 368 g/mol. The van der Waals surface area contributed by atoms with E-state index in [4.69, 9.17) is 4.74 Å². The van der Waals surface area contributed by atoms with Crippen LogP contribution in [0.5, 0.6) is 0 Å². The number of nitrogens with one attached hydrogen (secondary N) is 2. The highest BCUT2D eigenvalue weighted by Crippen LogP contribution is 2.29. The lowest BCUT2D eigenvalue weighted by atomic mass is 10.2. The zero-order valence-corrected chi connectivity index (χ0v) is 14.3. The summed E-state index contributed by atoms with van der Waals surface area (Å²) in [5, 5.41) is 6.09. The summed E-state index contributed by atoms with van der Waals surface area (Å²) in [5.74, 6) is 0. The molecule has 0 saturated heterocycles. The number of ether oxygens (including phenoxy) is 1. The van der Waals surface area contributed by atoms with E-state index in [1.54, 1.807) is 18.3 Å². The van der Waals surface area contributed by atoms with Crippen LogP contribution in [-0.4, -0.2) is 12.7 Å². The summed E-state index contributed by atoms with van der Waals surface area (Å²) in [6.45, 7) is 4.25. The molecule has 0 saturated carbocycles. The van der Waals surface area contributed by atoms with E-state index in [0.717, 1.165) is 9.47 Å². The fourth-order valence-electron chi connectivity index (χ4n) is 1.82. The Hall–Kier alpha value is -1.53. The third kappa shape index (κ3) is 4.75. The molecule has 2 N–H and O–H groups in total. The molecule has 1 atom stereocenters. The molecule has 0 aliphatic heterocycles. The SMILES string of the molecule is CCOC(=O)Nc1ccc(NC(C)c2ccc(Br)s2)cc1. The molecule has 0 aliphatic carbocycles. The molecule has 1 aromatic heterocycles. The molecule has 112 valence electrons. The summed E-state index contributed by atoms with van der Waals surface area (Å²) in [7, 11) is 0. The van der Waals surface area contributed by atoms with Crippen LogP contribution in [0, 0.1) is 0 Å². The van der Waals surface area contributed by atoms with Crippen molar-refractivity contribution in [1.82, 2.24) is 0 Å². The van der Waals surface area contributed by atoms with Crippen LogP contribution in [0.2, 0.25) is 0 Å². The van der Waals surface area contributed by atoms with Crippen molar-refractivity contribution in [3.63, 3.8) is 0 Å². The smallest absolute Gasteiger partial charge is 0.411 e. The van der Waals surface area contributed by atoms with E-state index in [1.807, 2.05) is 30.3 Å². The van der Waals surface area contributed by atoms with Gasteiger partial charge in [-0.25, -0.2) is 4.79 Å². The summed E-state index contributed by atoms with van der Waals surface area (Å²) in [5.41, 5.74) is 1.71. The van der Waals surface area contributed by atoms with Gasteiger partial charge in [-0.1, -0.05) is 0 Å². The predicted octanol–water partition coefficient (Wildman–Crippen LogP) is 5.25. The van der Waals surface area contributed by atoms with Crippen molar-refractivity contribution in [2.24, 2.45) is 0 Å². The van der Waals surface area contributed by atoms with Crippen molar-refractivity contribution in [3.8, 4) is 0 Å². The average Bonchev–Trinajstić information content (AvgIpc) is 2.88. The Labute approximate surface area is 136 Å². The number of carbonyl (C=O) groups is 1. The van der Waals surface area contributed by atoms with E-state index in [1.165, 1.54) is 4.88 Å². The molecule has 1 aromatic carbocycles. The Morgan fingerprint density at radius 1 is 1.24 bits per heavy atom. The minimum atomic E-state index is -0.435. The van der Waals surface area contributed by atoms with Gasteiger partial charge in [0.1, 0.15) is 0 Å². The number of amides is 1. The van der Waals surface area contributed by atoms with E-state index in [-0.39, 0.29) is 6.04 Å². The van der Waals surface area contributed by atoms with Gasteiger partial charge in [0.25, 0.3) is 0 Å². The van der Waals surface area contributed by atoms with Crippen molar-refractivity contribution >= 4 is 44.7 Å². The van der Waals surface area contributed by atoms with Gasteiger partial charge in [0.2, 0.25) is 0 Å². The summed E-state index contributed by atoms with van der Waals surface area (Å²) >= 11 is 5.18. The van der Waals surface area contributed by atoms with Crippen molar-refractivity contribution in [3.05, 3.63) is 45.1 Å². The molecular formula is C15H17BrN2O2S. The van der Waals surface area contributed by atoms with E-state index in [2.05, 4.69) is 39.6 Å². The second kappa shape index (κ2) is 7.47. The lowest BCUT2D eigenvalue weighted by Gasteiger charge is -2.14. The van der Waals surface area contributed by atoms with Crippen LogP contribution in [0.25, 0.3) is 0 Å². The third-order valence-corrected chi connectivity index (χ3v) is 4.62. The number of hydrogen-bond acceptors (Lipinski definition) is 4. The van der Waals surface area contributed by atoms with Crippen molar-refractivity contribution < 1.29 is 9.53 Å². The molecule has 1 amide bonds. The number of benzene rings is 1. The second-order valence-electron chi connectivity index (χ2n) is 4.43. The third-order valence-electron chi connectivity index (χ3n) is 2.81. The molecule has 1 unspecified atom stereocenters. The molecular weight excluding hydrogens is 352 g/mol. The van der Waals surface area contributed by atoms with Crippen LogP contribution in [0.1, 0.15) is 24.8 Å². The maximum Gasteiger partial charge on any atom is 0.411 e. The van der Waals surface area contributed by atoms with Crippen LogP contribution >= 0.6 is 27.3 Å². The summed E-state index contributed by atoms with van der Waals surface area (Å²) in [6, 6.07) is 11.9. The van der Waals surface area contributed by atoms with Crippen molar-refractivity contribution in [1.29, 1.82) is 0 Å². The van der Waals surface area contributed by atoms with Crippen LogP contribution < -0.4 is 10.6 Å². The molecule has 21 heavy (non-hydrogen) atoms. The quantitative estimate of drug-likeness (QED) is 0.757. The van der Waals surface area contributed by atoms with Gasteiger partial charge in [0.15, 0.2) is 0 Å². The first-order valence-corrected chi connectivity index (χ1v) is 8.25. The summed E-state index contributed by atoms with van der Waals surface area (Å²) in [4.78, 5) is 12.6. The van der Waals surface area contributed by atoms with Gasteiger partial charge >= 0.3 is 6.09 Å². The fourth-order valence-corrected chi connectivity index (χ4v) is 3.24. The van der Waals surface area contributed by atoms with Gasteiger partial charge in [0, 0.05) is 16.3 Å². The molecule has 2 rings (SSSR count). The van der Waals surface area contributed by atoms with Gasteiger partial charge in [-0.15, -0.1) is 11.3 Å². The molecule has 0 aliphatic rings. The van der Waals surface area contributed by atoms with E-state index in [0.29, 0.717) is 12.3 Å². The Balaban J connectivity index is 1.94. The number of rotatable bonds is 5. The molecule has 0 spiro atoms. The number of hydrogen-bond donors (Lipinski definition) is 2. The molecule has 0 bridgehead atoms. The Bertz CT molecular complexity index is 598. The highest BCUT2D eigenvalue weighted by Gasteiger charge is 2.08. The molecule has 1 heterocycles. The zero-order chi connectivity index (χ0) is 15.2. The number of carbonyl (C=O) groups excluding carboxylic acids is 1. The van der Waals surface area contributed by atoms with Crippen molar-refractivity contribution in [2.45, 2.75) is 19.9 Å². The normalized spacial score (nSPS) is 11.8. The van der Waals surface area contributed by atoms with Crippen molar-refractivity contribution in [2.75, 3.05) is 17.2 Å². The topological polar surface area (TPSA) is 50.4 Å². The minimum Gasteiger partial charge on any atom is -0.450 e. The molecule has 0 fully saturated rings. The largest absolute Gasteiger partial charge is 0.450 e. The average molecular weight is 369 g/mol. The molecule has 6 heteroatoms. The van der Waals surface area contributed by atoms with E-state index in [9.17, 15) is 4.79 Å². The molecule has 4 nitrogen and oxygen atoms in total. The van der Waals surface area contributed by atoms with Gasteiger partial charge < -0.3 is 10.1 Å². The Morgan fingerprint density at radius 2 is 1.90 bits per heavy atom. The van der Waals surface area contributed by atoms with Crippen LogP contribution in [0.4, 0.5) is 16.2 Å². The van der Waals surface area contributed by atoms with Gasteiger partial charge in [-0.2, -0.15) is 0 Å². The van der Waals surface area contributed by atoms with Crippen LogP contribution in [-0.2, 0) is 4.74 Å². The standard InChI is InChI=1S/C15H17BrN2O2S/c1-3-20-15(19)18-12-6-4-11(5-7-12)17-10(2)13-8-9-14(16)21-13/h4-10,17H,3H2,1-2H3,(H,18,19).